The Kier molecular flexibility index (Phi) is 6.06. The summed E-state index contributed by atoms with van der Waals surface area (Å²) >= 11 is 0. The fourth-order valence-corrected chi connectivity index (χ4v) is 6.68. The second kappa shape index (κ2) is 8.71. The van der Waals surface area contributed by atoms with Crippen LogP contribution in [-0.4, -0.2) is 55.4 Å². The van der Waals surface area contributed by atoms with Gasteiger partial charge in [-0.3, -0.25) is 4.79 Å². The topological polar surface area (TPSA) is 59.6 Å². The molecule has 3 saturated heterocycles. The highest BCUT2D eigenvalue weighted by molar-refractivity contribution is 5.83. The summed E-state index contributed by atoms with van der Waals surface area (Å²) in [5.74, 6) is 1.19. The zero-order chi connectivity index (χ0) is 18.9. The molecule has 5 heteroatoms. The SMILES string of the molecule is O=C(C1CCCCC1)C1CCC2NC(C3CCCO3)C(C3CCCO3)NC2C1. The lowest BCUT2D eigenvalue weighted by molar-refractivity contribution is -0.129. The van der Waals surface area contributed by atoms with Crippen molar-refractivity contribution in [2.24, 2.45) is 11.8 Å². The van der Waals surface area contributed by atoms with Crippen molar-refractivity contribution >= 4 is 5.78 Å². The normalized spacial score (nSPS) is 45.1. The monoisotopic (exact) mass is 390 g/mol. The Balaban J connectivity index is 1.26. The van der Waals surface area contributed by atoms with Crippen LogP contribution >= 0.6 is 0 Å². The molecule has 0 radical (unpaired) electrons. The van der Waals surface area contributed by atoms with Crippen LogP contribution < -0.4 is 10.6 Å². The van der Waals surface area contributed by atoms with Gasteiger partial charge in [0.05, 0.1) is 24.3 Å². The largest absolute Gasteiger partial charge is 0.377 e. The fourth-order valence-electron chi connectivity index (χ4n) is 6.68. The first-order valence-corrected chi connectivity index (χ1v) is 12.1. The lowest BCUT2D eigenvalue weighted by Gasteiger charge is -2.50. The van der Waals surface area contributed by atoms with E-state index < -0.39 is 0 Å². The van der Waals surface area contributed by atoms with Crippen molar-refractivity contribution in [3.8, 4) is 0 Å². The second-order valence-electron chi connectivity index (χ2n) is 9.95. The maximum Gasteiger partial charge on any atom is 0.139 e. The Hall–Kier alpha value is -0.490. The van der Waals surface area contributed by atoms with Crippen molar-refractivity contribution < 1.29 is 14.3 Å². The van der Waals surface area contributed by atoms with Crippen LogP contribution in [0.5, 0.6) is 0 Å². The first-order valence-electron chi connectivity index (χ1n) is 12.1. The van der Waals surface area contributed by atoms with Crippen molar-refractivity contribution in [3.05, 3.63) is 0 Å². The molecule has 2 saturated carbocycles. The molecule has 5 fully saturated rings. The summed E-state index contributed by atoms with van der Waals surface area (Å²) in [5.41, 5.74) is 0. The van der Waals surface area contributed by atoms with Gasteiger partial charge >= 0.3 is 0 Å². The molecule has 0 amide bonds. The van der Waals surface area contributed by atoms with E-state index in [9.17, 15) is 4.79 Å². The highest BCUT2D eigenvalue weighted by Crippen LogP contribution is 2.36. The third-order valence-corrected chi connectivity index (χ3v) is 8.19. The van der Waals surface area contributed by atoms with Gasteiger partial charge in [0.1, 0.15) is 5.78 Å². The third kappa shape index (κ3) is 3.92. The van der Waals surface area contributed by atoms with E-state index in [1.165, 1.54) is 25.7 Å². The predicted octanol–water partition coefficient (Wildman–Crippen LogP) is 2.96. The smallest absolute Gasteiger partial charge is 0.139 e. The summed E-state index contributed by atoms with van der Waals surface area (Å²) < 4.78 is 12.2. The number of Topliss-reactive ketones (excluding diaryl/α,β-unsaturated/α-hetero) is 1. The van der Waals surface area contributed by atoms with Crippen LogP contribution in [0.15, 0.2) is 0 Å². The zero-order valence-corrected chi connectivity index (χ0v) is 17.2. The van der Waals surface area contributed by atoms with Crippen molar-refractivity contribution in [1.82, 2.24) is 10.6 Å². The minimum Gasteiger partial charge on any atom is -0.377 e. The van der Waals surface area contributed by atoms with Gasteiger partial charge in [-0.25, -0.2) is 0 Å². The van der Waals surface area contributed by atoms with Crippen molar-refractivity contribution in [2.45, 2.75) is 113 Å². The van der Waals surface area contributed by atoms with Gasteiger partial charge in [0, 0.05) is 37.1 Å². The van der Waals surface area contributed by atoms with E-state index in [4.69, 9.17) is 9.47 Å². The van der Waals surface area contributed by atoms with Gasteiger partial charge < -0.3 is 20.1 Å². The number of piperazine rings is 1. The van der Waals surface area contributed by atoms with E-state index in [-0.39, 0.29) is 12.0 Å². The first kappa shape index (κ1) is 19.5. The maximum atomic E-state index is 13.1. The van der Waals surface area contributed by atoms with Crippen molar-refractivity contribution in [1.29, 1.82) is 0 Å². The number of rotatable bonds is 4. The van der Waals surface area contributed by atoms with Gasteiger partial charge in [0.15, 0.2) is 0 Å². The Labute approximate surface area is 169 Å². The number of ketones is 1. The summed E-state index contributed by atoms with van der Waals surface area (Å²) in [6, 6.07) is 1.54. The number of nitrogens with one attached hydrogen (secondary N) is 2. The summed E-state index contributed by atoms with van der Waals surface area (Å²) in [4.78, 5) is 13.1. The Morgan fingerprint density at radius 2 is 1.29 bits per heavy atom. The lowest BCUT2D eigenvalue weighted by atomic mass is 9.72. The van der Waals surface area contributed by atoms with Crippen LogP contribution in [0.1, 0.15) is 77.0 Å². The van der Waals surface area contributed by atoms with Gasteiger partial charge in [-0.2, -0.15) is 0 Å². The average molecular weight is 391 g/mol. The molecule has 0 spiro atoms. The molecule has 28 heavy (non-hydrogen) atoms. The van der Waals surface area contributed by atoms with Crippen LogP contribution in [0, 0.1) is 11.8 Å². The van der Waals surface area contributed by atoms with E-state index in [2.05, 4.69) is 10.6 Å². The predicted molar refractivity (Wildman–Crippen MR) is 108 cm³/mol. The maximum absolute atomic E-state index is 13.1. The molecule has 3 heterocycles. The number of ether oxygens (including phenoxy) is 2. The van der Waals surface area contributed by atoms with Crippen LogP contribution in [0.2, 0.25) is 0 Å². The van der Waals surface area contributed by atoms with Gasteiger partial charge in [-0.15, -0.1) is 0 Å². The summed E-state index contributed by atoms with van der Waals surface area (Å²) in [6.07, 6.45) is 14.5. The molecule has 2 N–H and O–H groups in total. The molecule has 158 valence electrons. The highest BCUT2D eigenvalue weighted by atomic mass is 16.5. The molecule has 0 aromatic carbocycles. The molecule has 0 aromatic heterocycles. The Bertz CT molecular complexity index is 538. The lowest BCUT2D eigenvalue weighted by Crippen LogP contribution is -2.72. The standard InChI is InChI=1S/C23H38N2O3/c26-23(15-6-2-1-3-7-15)16-10-11-17-18(14-16)25-22(20-9-5-13-28-20)21(24-17)19-8-4-12-27-19/h15-22,24-25H,1-14H2. The molecule has 7 unspecified atom stereocenters. The first-order chi connectivity index (χ1) is 13.8. The molecule has 0 aromatic rings. The minimum absolute atomic E-state index is 0.267. The molecule has 5 nitrogen and oxygen atoms in total. The molecule has 3 aliphatic heterocycles. The Morgan fingerprint density at radius 1 is 0.643 bits per heavy atom. The highest BCUT2D eigenvalue weighted by Gasteiger charge is 2.47. The van der Waals surface area contributed by atoms with Gasteiger partial charge in [0.2, 0.25) is 0 Å². The minimum atomic E-state index is 0.267. The molecule has 2 aliphatic carbocycles. The number of hydrogen-bond donors (Lipinski definition) is 2. The molecule has 0 bridgehead atoms. The molecular formula is C23H38N2O3. The van der Waals surface area contributed by atoms with Gasteiger partial charge in [-0.1, -0.05) is 19.3 Å². The van der Waals surface area contributed by atoms with E-state index in [0.717, 1.165) is 64.6 Å². The van der Waals surface area contributed by atoms with Crippen LogP contribution in [0.3, 0.4) is 0 Å². The molecule has 5 rings (SSSR count). The van der Waals surface area contributed by atoms with E-state index in [1.807, 2.05) is 0 Å². The number of carbonyl (C=O) groups is 1. The number of hydrogen-bond acceptors (Lipinski definition) is 5. The average Bonchev–Trinajstić information content (AvgIpc) is 3.46. The summed E-state index contributed by atoms with van der Waals surface area (Å²) in [7, 11) is 0. The second-order valence-corrected chi connectivity index (χ2v) is 9.95. The molecular weight excluding hydrogens is 352 g/mol. The summed E-state index contributed by atoms with van der Waals surface area (Å²) in [6.45, 7) is 1.78. The third-order valence-electron chi connectivity index (χ3n) is 8.19. The van der Waals surface area contributed by atoms with E-state index in [1.54, 1.807) is 0 Å². The summed E-state index contributed by atoms with van der Waals surface area (Å²) in [5, 5.41) is 7.98. The number of fused-ring (bicyclic) bond motifs is 1. The zero-order valence-electron chi connectivity index (χ0n) is 17.2. The van der Waals surface area contributed by atoms with Gasteiger partial charge in [-0.05, 0) is 57.8 Å². The van der Waals surface area contributed by atoms with Crippen LogP contribution in [0.4, 0.5) is 0 Å². The van der Waals surface area contributed by atoms with Crippen LogP contribution in [0.25, 0.3) is 0 Å². The molecule has 7 atom stereocenters. The Morgan fingerprint density at radius 3 is 1.89 bits per heavy atom. The van der Waals surface area contributed by atoms with Crippen LogP contribution in [-0.2, 0) is 14.3 Å². The number of carbonyl (C=O) groups excluding carboxylic acids is 1. The quantitative estimate of drug-likeness (QED) is 0.773. The van der Waals surface area contributed by atoms with Crippen molar-refractivity contribution in [3.63, 3.8) is 0 Å². The van der Waals surface area contributed by atoms with Crippen molar-refractivity contribution in [2.75, 3.05) is 13.2 Å². The fraction of sp³-hybridized carbons (Fsp3) is 0.957. The van der Waals surface area contributed by atoms with Gasteiger partial charge in [0.25, 0.3) is 0 Å². The van der Waals surface area contributed by atoms with E-state index in [0.29, 0.717) is 42.0 Å². The molecule has 5 aliphatic rings. The van der Waals surface area contributed by atoms with E-state index >= 15 is 0 Å².